The predicted octanol–water partition coefficient (Wildman–Crippen LogP) is 1.85. The topological polar surface area (TPSA) is 69.9 Å². The molecule has 5 heteroatoms. The van der Waals surface area contributed by atoms with E-state index in [9.17, 15) is 0 Å². The van der Waals surface area contributed by atoms with Crippen LogP contribution >= 0.6 is 0 Å². The van der Waals surface area contributed by atoms with Crippen LogP contribution in [0, 0.1) is 0 Å². The average Bonchev–Trinajstić information content (AvgIpc) is 2.93. The predicted molar refractivity (Wildman–Crippen MR) is 64.4 cm³/mol. The molecule has 3 heterocycles. The molecule has 5 nitrogen and oxygen atoms in total. The van der Waals surface area contributed by atoms with Gasteiger partial charge in [0.05, 0.1) is 6.26 Å². The van der Waals surface area contributed by atoms with Gasteiger partial charge in [-0.3, -0.25) is 4.57 Å². The van der Waals surface area contributed by atoms with Gasteiger partial charge in [0.15, 0.2) is 5.65 Å². The minimum absolute atomic E-state index is 0.491. The van der Waals surface area contributed by atoms with E-state index in [0.29, 0.717) is 12.5 Å². The number of fused-ring (bicyclic) bond motifs is 1. The largest absolute Gasteiger partial charge is 0.469 e. The van der Waals surface area contributed by atoms with Crippen LogP contribution < -0.4 is 5.73 Å². The van der Waals surface area contributed by atoms with E-state index in [1.165, 1.54) is 0 Å². The van der Waals surface area contributed by atoms with Gasteiger partial charge in [-0.2, -0.15) is 0 Å². The number of rotatable bonds is 3. The normalized spacial score (nSPS) is 11.1. The van der Waals surface area contributed by atoms with E-state index in [2.05, 4.69) is 9.97 Å². The second-order valence-corrected chi connectivity index (χ2v) is 3.80. The smallest absolute Gasteiger partial charge is 0.202 e. The van der Waals surface area contributed by atoms with Crippen molar-refractivity contribution in [2.75, 3.05) is 5.73 Å². The van der Waals surface area contributed by atoms with Crippen LogP contribution in [-0.2, 0) is 13.0 Å². The van der Waals surface area contributed by atoms with Gasteiger partial charge in [0, 0.05) is 19.2 Å². The lowest BCUT2D eigenvalue weighted by molar-refractivity contribution is 0.494. The van der Waals surface area contributed by atoms with Crippen molar-refractivity contribution in [3.8, 4) is 0 Å². The number of aryl methyl sites for hydroxylation is 2. The number of aromatic nitrogens is 3. The molecule has 0 aliphatic rings. The highest BCUT2D eigenvalue weighted by Gasteiger charge is 2.08. The zero-order valence-corrected chi connectivity index (χ0v) is 9.21. The number of nitrogens with zero attached hydrogens (tertiary/aromatic N) is 3. The van der Waals surface area contributed by atoms with Crippen LogP contribution in [0.15, 0.2) is 41.1 Å². The van der Waals surface area contributed by atoms with Crippen molar-refractivity contribution in [1.29, 1.82) is 0 Å². The number of imidazole rings is 1. The summed E-state index contributed by atoms with van der Waals surface area (Å²) < 4.78 is 7.19. The van der Waals surface area contributed by atoms with Gasteiger partial charge in [-0.15, -0.1) is 0 Å². The third kappa shape index (κ3) is 1.75. The summed E-state index contributed by atoms with van der Waals surface area (Å²) in [7, 11) is 0. The number of nitrogen functional groups attached to an aromatic ring is 1. The fourth-order valence-electron chi connectivity index (χ4n) is 1.87. The van der Waals surface area contributed by atoms with E-state index in [-0.39, 0.29) is 0 Å². The lowest BCUT2D eigenvalue weighted by Crippen LogP contribution is -2.05. The Balaban J connectivity index is 1.92. The van der Waals surface area contributed by atoms with Crippen molar-refractivity contribution < 1.29 is 4.42 Å². The summed E-state index contributed by atoms with van der Waals surface area (Å²) in [5.41, 5.74) is 7.51. The molecule has 0 atom stereocenters. The highest BCUT2D eigenvalue weighted by Crippen LogP contribution is 2.15. The van der Waals surface area contributed by atoms with Gasteiger partial charge >= 0.3 is 0 Å². The average molecular weight is 228 g/mol. The van der Waals surface area contributed by atoms with Crippen LogP contribution in [0.1, 0.15) is 5.76 Å². The summed E-state index contributed by atoms with van der Waals surface area (Å²) in [5.74, 6) is 1.42. The van der Waals surface area contributed by atoms with Gasteiger partial charge < -0.3 is 10.2 Å². The van der Waals surface area contributed by atoms with Crippen molar-refractivity contribution in [3.05, 3.63) is 42.5 Å². The zero-order valence-electron chi connectivity index (χ0n) is 9.21. The zero-order chi connectivity index (χ0) is 11.7. The number of nitrogens with two attached hydrogens (primary N) is 1. The summed E-state index contributed by atoms with van der Waals surface area (Å²) in [6.45, 7) is 0.715. The molecule has 0 bridgehead atoms. The van der Waals surface area contributed by atoms with Gasteiger partial charge in [0.2, 0.25) is 5.95 Å². The Bertz CT molecular complexity index is 627. The van der Waals surface area contributed by atoms with Crippen molar-refractivity contribution in [2.24, 2.45) is 0 Å². The first kappa shape index (κ1) is 9.89. The molecule has 0 aromatic carbocycles. The molecule has 0 saturated heterocycles. The summed E-state index contributed by atoms with van der Waals surface area (Å²) in [6.07, 6.45) is 4.19. The van der Waals surface area contributed by atoms with Crippen molar-refractivity contribution >= 4 is 17.1 Å². The molecule has 17 heavy (non-hydrogen) atoms. The molecular formula is C12H12N4O. The van der Waals surface area contributed by atoms with E-state index in [1.807, 2.05) is 28.8 Å². The first-order valence-corrected chi connectivity index (χ1v) is 5.44. The quantitative estimate of drug-likeness (QED) is 0.742. The van der Waals surface area contributed by atoms with E-state index < -0.39 is 0 Å². The van der Waals surface area contributed by atoms with Gasteiger partial charge in [0.1, 0.15) is 11.3 Å². The summed E-state index contributed by atoms with van der Waals surface area (Å²) in [5, 5.41) is 0. The van der Waals surface area contributed by atoms with E-state index in [1.54, 1.807) is 12.5 Å². The maximum absolute atomic E-state index is 5.87. The van der Waals surface area contributed by atoms with Crippen LogP contribution in [0.3, 0.4) is 0 Å². The third-order valence-electron chi connectivity index (χ3n) is 2.70. The Kier molecular flexibility index (Phi) is 2.29. The summed E-state index contributed by atoms with van der Waals surface area (Å²) in [4.78, 5) is 8.55. The van der Waals surface area contributed by atoms with E-state index in [0.717, 1.165) is 23.3 Å². The van der Waals surface area contributed by atoms with Gasteiger partial charge in [-0.05, 0) is 24.3 Å². The molecule has 3 rings (SSSR count). The molecule has 0 amide bonds. The molecule has 0 aliphatic carbocycles. The molecular weight excluding hydrogens is 216 g/mol. The molecule has 0 fully saturated rings. The number of furan rings is 1. The number of pyridine rings is 1. The molecule has 3 aromatic heterocycles. The monoisotopic (exact) mass is 228 g/mol. The molecule has 86 valence electrons. The molecule has 0 spiro atoms. The van der Waals surface area contributed by atoms with Crippen molar-refractivity contribution in [2.45, 2.75) is 13.0 Å². The van der Waals surface area contributed by atoms with E-state index >= 15 is 0 Å². The number of anilines is 1. The number of hydrogen-bond acceptors (Lipinski definition) is 4. The minimum Gasteiger partial charge on any atom is -0.469 e. The van der Waals surface area contributed by atoms with Crippen LogP contribution in [-0.4, -0.2) is 14.5 Å². The molecule has 0 aliphatic heterocycles. The van der Waals surface area contributed by atoms with Crippen molar-refractivity contribution in [1.82, 2.24) is 14.5 Å². The Labute approximate surface area is 97.9 Å². The fraction of sp³-hybridized carbons (Fsp3) is 0.167. The van der Waals surface area contributed by atoms with Crippen LogP contribution in [0.4, 0.5) is 5.95 Å². The lowest BCUT2D eigenvalue weighted by Gasteiger charge is -2.03. The van der Waals surface area contributed by atoms with Crippen molar-refractivity contribution in [3.63, 3.8) is 0 Å². The molecule has 3 aromatic rings. The van der Waals surface area contributed by atoms with Gasteiger partial charge in [0.25, 0.3) is 0 Å². The number of hydrogen-bond donors (Lipinski definition) is 1. The second kappa shape index (κ2) is 3.93. The fourth-order valence-corrected chi connectivity index (χ4v) is 1.87. The highest BCUT2D eigenvalue weighted by molar-refractivity contribution is 5.73. The summed E-state index contributed by atoms with van der Waals surface area (Å²) in [6, 6.07) is 7.58. The maximum atomic E-state index is 5.87. The van der Waals surface area contributed by atoms with Gasteiger partial charge in [-0.1, -0.05) is 0 Å². The first-order valence-electron chi connectivity index (χ1n) is 5.44. The minimum atomic E-state index is 0.491. The Hall–Kier alpha value is -2.30. The molecule has 2 N–H and O–H groups in total. The Morgan fingerprint density at radius 1 is 1.29 bits per heavy atom. The third-order valence-corrected chi connectivity index (χ3v) is 2.70. The summed E-state index contributed by atoms with van der Waals surface area (Å²) >= 11 is 0. The van der Waals surface area contributed by atoms with Crippen LogP contribution in [0.2, 0.25) is 0 Å². The molecule has 0 saturated carbocycles. The molecule has 0 unspecified atom stereocenters. The standard InChI is InChI=1S/C12H12N4O/c13-12-15-10-4-1-6-14-11(10)16(12)7-5-9-3-2-8-17-9/h1-4,6,8H,5,7H2,(H2,13,15). The van der Waals surface area contributed by atoms with Crippen LogP contribution in [0.25, 0.3) is 11.2 Å². The Morgan fingerprint density at radius 2 is 2.24 bits per heavy atom. The first-order chi connectivity index (χ1) is 8.34. The lowest BCUT2D eigenvalue weighted by atomic mass is 10.3. The maximum Gasteiger partial charge on any atom is 0.202 e. The SMILES string of the molecule is Nc1nc2cccnc2n1CCc1ccco1. The van der Waals surface area contributed by atoms with Crippen LogP contribution in [0.5, 0.6) is 0 Å². The molecule has 0 radical (unpaired) electrons. The highest BCUT2D eigenvalue weighted by atomic mass is 16.3. The van der Waals surface area contributed by atoms with E-state index in [4.69, 9.17) is 10.2 Å². The Morgan fingerprint density at radius 3 is 3.06 bits per heavy atom. The van der Waals surface area contributed by atoms with Gasteiger partial charge in [-0.25, -0.2) is 9.97 Å². The second-order valence-electron chi connectivity index (χ2n) is 3.80.